The standard InChI is InChI=1S/C22H30FN5.HI/c1-3-25-22(26-12-8-18-7-11-24-16-17(18)2)27-20-9-13-28(14-10-20)21-6-4-5-19(23)15-21;/h4-7,11,15-16,20H,3,8-10,12-14H2,1-2H3,(H2,25,26,27);1H. The van der Waals surface area contributed by atoms with E-state index in [2.05, 4.69) is 40.4 Å². The SMILES string of the molecule is CCNC(=NCCc1ccncc1C)NC1CCN(c2cccc(F)c2)CC1.I. The first-order valence-electron chi connectivity index (χ1n) is 10.1. The van der Waals surface area contributed by atoms with Gasteiger partial charge in [0.05, 0.1) is 0 Å². The van der Waals surface area contributed by atoms with Crippen LogP contribution in [-0.4, -0.2) is 43.2 Å². The molecule has 29 heavy (non-hydrogen) atoms. The van der Waals surface area contributed by atoms with Crippen LogP contribution in [0.5, 0.6) is 0 Å². The normalized spacial score (nSPS) is 15.0. The van der Waals surface area contributed by atoms with Gasteiger partial charge in [0.1, 0.15) is 5.82 Å². The van der Waals surface area contributed by atoms with Crippen LogP contribution in [0.3, 0.4) is 0 Å². The average Bonchev–Trinajstić information content (AvgIpc) is 2.70. The van der Waals surface area contributed by atoms with Gasteiger partial charge in [0.2, 0.25) is 0 Å². The number of hydrogen-bond donors (Lipinski definition) is 2. The summed E-state index contributed by atoms with van der Waals surface area (Å²) in [7, 11) is 0. The summed E-state index contributed by atoms with van der Waals surface area (Å²) in [6.45, 7) is 7.57. The first-order chi connectivity index (χ1) is 13.7. The van der Waals surface area contributed by atoms with Gasteiger partial charge in [-0.05, 0) is 68.5 Å². The first-order valence-corrected chi connectivity index (χ1v) is 10.1. The fourth-order valence-electron chi connectivity index (χ4n) is 3.54. The lowest BCUT2D eigenvalue weighted by atomic mass is 10.0. The van der Waals surface area contributed by atoms with Gasteiger partial charge in [0.15, 0.2) is 5.96 Å². The number of benzene rings is 1. The molecular weight excluding hydrogens is 480 g/mol. The summed E-state index contributed by atoms with van der Waals surface area (Å²) in [4.78, 5) is 11.1. The summed E-state index contributed by atoms with van der Waals surface area (Å²) in [6.07, 6.45) is 6.65. The minimum absolute atomic E-state index is 0. The number of hydrogen-bond acceptors (Lipinski definition) is 3. The van der Waals surface area contributed by atoms with E-state index in [1.54, 1.807) is 12.1 Å². The fraction of sp³-hybridized carbons (Fsp3) is 0.455. The third-order valence-electron chi connectivity index (χ3n) is 5.14. The largest absolute Gasteiger partial charge is 0.371 e. The second-order valence-corrected chi connectivity index (χ2v) is 7.20. The molecule has 0 amide bonds. The van der Waals surface area contributed by atoms with Gasteiger partial charge in [-0.1, -0.05) is 6.07 Å². The minimum Gasteiger partial charge on any atom is -0.371 e. The van der Waals surface area contributed by atoms with Gasteiger partial charge in [0.25, 0.3) is 0 Å². The van der Waals surface area contributed by atoms with Crippen molar-refractivity contribution in [2.75, 3.05) is 31.1 Å². The topological polar surface area (TPSA) is 52.6 Å². The Labute approximate surface area is 190 Å². The first kappa shape index (κ1) is 23.4. The van der Waals surface area contributed by atoms with E-state index in [4.69, 9.17) is 4.99 Å². The number of piperidine rings is 1. The van der Waals surface area contributed by atoms with Gasteiger partial charge in [-0.2, -0.15) is 0 Å². The Morgan fingerprint density at radius 3 is 2.76 bits per heavy atom. The van der Waals surface area contributed by atoms with E-state index in [1.807, 2.05) is 18.5 Å². The van der Waals surface area contributed by atoms with Crippen molar-refractivity contribution >= 4 is 35.6 Å². The summed E-state index contributed by atoms with van der Waals surface area (Å²) in [5, 5.41) is 6.91. The fourth-order valence-corrected chi connectivity index (χ4v) is 3.54. The molecule has 7 heteroatoms. The molecule has 2 heterocycles. The van der Waals surface area contributed by atoms with Crippen LogP contribution in [0.4, 0.5) is 10.1 Å². The predicted molar refractivity (Wildman–Crippen MR) is 129 cm³/mol. The van der Waals surface area contributed by atoms with Crippen LogP contribution in [0.1, 0.15) is 30.9 Å². The summed E-state index contributed by atoms with van der Waals surface area (Å²) in [5.74, 6) is 0.696. The lowest BCUT2D eigenvalue weighted by molar-refractivity contribution is 0.461. The number of pyridine rings is 1. The molecule has 2 N–H and O–H groups in total. The number of aliphatic imine (C=N–C) groups is 1. The lowest BCUT2D eigenvalue weighted by Gasteiger charge is -2.34. The molecular formula is C22H31FIN5. The van der Waals surface area contributed by atoms with Gasteiger partial charge in [-0.15, -0.1) is 24.0 Å². The monoisotopic (exact) mass is 511 g/mol. The summed E-state index contributed by atoms with van der Waals surface area (Å²) in [5.41, 5.74) is 3.46. The number of nitrogens with zero attached hydrogens (tertiary/aromatic N) is 3. The molecule has 0 radical (unpaired) electrons. The van der Waals surface area contributed by atoms with Gasteiger partial charge in [0, 0.05) is 50.3 Å². The molecule has 1 saturated heterocycles. The highest BCUT2D eigenvalue weighted by molar-refractivity contribution is 14.0. The summed E-state index contributed by atoms with van der Waals surface area (Å²) < 4.78 is 13.5. The Bertz CT molecular complexity index is 790. The maximum Gasteiger partial charge on any atom is 0.191 e. The summed E-state index contributed by atoms with van der Waals surface area (Å²) in [6, 6.07) is 9.29. The smallest absolute Gasteiger partial charge is 0.191 e. The van der Waals surface area contributed by atoms with Crippen LogP contribution in [0, 0.1) is 12.7 Å². The highest BCUT2D eigenvalue weighted by Gasteiger charge is 2.20. The molecule has 0 aliphatic carbocycles. The number of nitrogens with one attached hydrogen (secondary N) is 2. The molecule has 0 bridgehead atoms. The Morgan fingerprint density at radius 1 is 1.28 bits per heavy atom. The Kier molecular flexibility index (Phi) is 9.63. The number of anilines is 1. The third kappa shape index (κ3) is 7.13. The molecule has 0 atom stereocenters. The summed E-state index contributed by atoms with van der Waals surface area (Å²) >= 11 is 0. The van der Waals surface area contributed by atoms with Gasteiger partial charge in [-0.3, -0.25) is 9.98 Å². The molecule has 1 fully saturated rings. The van der Waals surface area contributed by atoms with Crippen LogP contribution in [0.25, 0.3) is 0 Å². The predicted octanol–water partition coefficient (Wildman–Crippen LogP) is 3.91. The van der Waals surface area contributed by atoms with E-state index in [0.29, 0.717) is 6.04 Å². The van der Waals surface area contributed by atoms with Crippen molar-refractivity contribution in [3.05, 3.63) is 59.7 Å². The molecule has 3 rings (SSSR count). The van der Waals surface area contributed by atoms with Crippen molar-refractivity contribution < 1.29 is 4.39 Å². The number of halogens is 2. The number of aryl methyl sites for hydroxylation is 1. The molecule has 158 valence electrons. The number of guanidine groups is 1. The molecule has 5 nitrogen and oxygen atoms in total. The zero-order valence-electron chi connectivity index (χ0n) is 17.2. The third-order valence-corrected chi connectivity index (χ3v) is 5.14. The van der Waals surface area contributed by atoms with Crippen molar-refractivity contribution in [3.8, 4) is 0 Å². The van der Waals surface area contributed by atoms with Gasteiger partial charge in [-0.25, -0.2) is 4.39 Å². The van der Waals surface area contributed by atoms with E-state index in [1.165, 1.54) is 17.2 Å². The zero-order valence-corrected chi connectivity index (χ0v) is 19.5. The van der Waals surface area contributed by atoms with Crippen molar-refractivity contribution in [3.63, 3.8) is 0 Å². The molecule has 0 saturated carbocycles. The quantitative estimate of drug-likeness (QED) is 0.351. The second kappa shape index (κ2) is 11.9. The molecule has 1 aromatic carbocycles. The van der Waals surface area contributed by atoms with Crippen molar-refractivity contribution in [1.82, 2.24) is 15.6 Å². The Morgan fingerprint density at radius 2 is 2.07 bits per heavy atom. The highest BCUT2D eigenvalue weighted by atomic mass is 127. The Hall–Kier alpha value is -1.90. The van der Waals surface area contributed by atoms with E-state index >= 15 is 0 Å². The Balaban J connectivity index is 0.00000300. The van der Waals surface area contributed by atoms with Crippen LogP contribution < -0.4 is 15.5 Å². The molecule has 1 aliphatic rings. The van der Waals surface area contributed by atoms with Crippen molar-refractivity contribution in [1.29, 1.82) is 0 Å². The highest BCUT2D eigenvalue weighted by Crippen LogP contribution is 2.20. The molecule has 0 spiro atoms. The minimum atomic E-state index is -0.177. The van der Waals surface area contributed by atoms with Crippen molar-refractivity contribution in [2.24, 2.45) is 4.99 Å². The van der Waals surface area contributed by atoms with Crippen LogP contribution >= 0.6 is 24.0 Å². The zero-order chi connectivity index (χ0) is 19.8. The second-order valence-electron chi connectivity index (χ2n) is 7.20. The van der Waals surface area contributed by atoms with Crippen molar-refractivity contribution in [2.45, 2.75) is 39.2 Å². The molecule has 1 aliphatic heterocycles. The molecule has 1 aromatic heterocycles. The molecule has 2 aromatic rings. The number of aromatic nitrogens is 1. The molecule has 0 unspecified atom stereocenters. The maximum absolute atomic E-state index is 13.5. The van der Waals surface area contributed by atoms with Gasteiger partial charge >= 0.3 is 0 Å². The van der Waals surface area contributed by atoms with Crippen LogP contribution in [0.2, 0.25) is 0 Å². The van der Waals surface area contributed by atoms with Crippen LogP contribution in [-0.2, 0) is 6.42 Å². The van der Waals surface area contributed by atoms with E-state index in [-0.39, 0.29) is 29.8 Å². The van der Waals surface area contributed by atoms with E-state index in [0.717, 1.165) is 57.1 Å². The maximum atomic E-state index is 13.5. The van der Waals surface area contributed by atoms with E-state index in [9.17, 15) is 4.39 Å². The van der Waals surface area contributed by atoms with Gasteiger partial charge < -0.3 is 15.5 Å². The number of rotatable bonds is 6. The lowest BCUT2D eigenvalue weighted by Crippen LogP contribution is -2.48. The average molecular weight is 511 g/mol. The van der Waals surface area contributed by atoms with E-state index < -0.39 is 0 Å². The van der Waals surface area contributed by atoms with Crippen LogP contribution in [0.15, 0.2) is 47.7 Å².